The van der Waals surface area contributed by atoms with Crippen molar-refractivity contribution >= 4 is 22.6 Å². The summed E-state index contributed by atoms with van der Waals surface area (Å²) in [5.74, 6) is -0.341. The largest absolute Gasteiger partial charge is 0.471 e. The van der Waals surface area contributed by atoms with Gasteiger partial charge in [-0.1, -0.05) is 12.1 Å². The van der Waals surface area contributed by atoms with Crippen molar-refractivity contribution in [2.24, 2.45) is 0 Å². The molecule has 1 amide bonds. The van der Waals surface area contributed by atoms with Gasteiger partial charge in [0.15, 0.2) is 5.82 Å². The number of nitrogen functional groups attached to an aromatic ring is 1. The van der Waals surface area contributed by atoms with Crippen molar-refractivity contribution in [3.8, 4) is 17.3 Å². The smallest absolute Gasteiger partial charge is 0.284 e. The lowest BCUT2D eigenvalue weighted by atomic mass is 10.1. The number of H-pyrrole nitrogens is 1. The molecule has 1 unspecified atom stereocenters. The summed E-state index contributed by atoms with van der Waals surface area (Å²) in [5, 5.41) is 10.8. The van der Waals surface area contributed by atoms with E-state index < -0.39 is 11.5 Å². The zero-order valence-electron chi connectivity index (χ0n) is 17.3. The quantitative estimate of drug-likeness (QED) is 0.418. The SMILES string of the molecule is CC(C)(O)CONC(=O)c1c(N)nc(-c2cccc3cc[nH]c23)nc1OC1CCOC1. The maximum atomic E-state index is 12.8. The van der Waals surface area contributed by atoms with E-state index >= 15 is 0 Å². The first-order valence-electron chi connectivity index (χ1n) is 9.95. The zero-order valence-corrected chi connectivity index (χ0v) is 17.3. The van der Waals surface area contributed by atoms with Crippen molar-refractivity contribution in [2.45, 2.75) is 32.0 Å². The van der Waals surface area contributed by atoms with E-state index in [1.54, 1.807) is 13.8 Å². The third kappa shape index (κ3) is 4.76. The molecule has 0 radical (unpaired) electrons. The monoisotopic (exact) mass is 427 g/mol. The molecule has 0 saturated carbocycles. The van der Waals surface area contributed by atoms with Gasteiger partial charge in [-0.05, 0) is 26.0 Å². The van der Waals surface area contributed by atoms with Crippen LogP contribution in [0.2, 0.25) is 0 Å². The number of benzene rings is 1. The fourth-order valence-corrected chi connectivity index (χ4v) is 3.24. The Hall–Kier alpha value is -3.21. The number of carbonyl (C=O) groups is 1. The molecule has 0 spiro atoms. The molecule has 2 aromatic heterocycles. The number of rotatable bonds is 7. The van der Waals surface area contributed by atoms with Gasteiger partial charge in [-0.25, -0.2) is 10.5 Å². The van der Waals surface area contributed by atoms with E-state index in [4.69, 9.17) is 20.0 Å². The molecule has 5 N–H and O–H groups in total. The molecular formula is C21H25N5O5. The molecule has 164 valence electrons. The highest BCUT2D eigenvalue weighted by molar-refractivity contribution is 6.01. The lowest BCUT2D eigenvalue weighted by Gasteiger charge is -2.19. The van der Waals surface area contributed by atoms with Crippen LogP contribution in [0.1, 0.15) is 30.6 Å². The number of amides is 1. The van der Waals surface area contributed by atoms with Gasteiger partial charge in [0, 0.05) is 23.6 Å². The number of aliphatic hydroxyl groups is 1. The zero-order chi connectivity index (χ0) is 22.0. The van der Waals surface area contributed by atoms with Gasteiger partial charge in [0.1, 0.15) is 24.1 Å². The van der Waals surface area contributed by atoms with Crippen molar-refractivity contribution in [3.05, 3.63) is 36.0 Å². The van der Waals surface area contributed by atoms with Crippen LogP contribution in [0.4, 0.5) is 5.82 Å². The molecule has 0 bridgehead atoms. The number of hydrogen-bond donors (Lipinski definition) is 4. The second-order valence-electron chi connectivity index (χ2n) is 8.00. The maximum Gasteiger partial charge on any atom is 0.284 e. The number of hydrogen-bond acceptors (Lipinski definition) is 8. The Morgan fingerprint density at radius 3 is 2.97 bits per heavy atom. The molecule has 1 saturated heterocycles. The number of nitrogens with one attached hydrogen (secondary N) is 2. The molecule has 3 heterocycles. The second kappa shape index (κ2) is 8.50. The molecule has 10 heteroatoms. The second-order valence-corrected chi connectivity index (χ2v) is 8.00. The lowest BCUT2D eigenvalue weighted by Crippen LogP contribution is -2.34. The third-order valence-electron chi connectivity index (χ3n) is 4.72. The number of nitrogens with two attached hydrogens (primary N) is 1. The van der Waals surface area contributed by atoms with E-state index in [1.165, 1.54) is 0 Å². The van der Waals surface area contributed by atoms with Crippen LogP contribution in [0.5, 0.6) is 5.88 Å². The summed E-state index contributed by atoms with van der Waals surface area (Å²) in [4.78, 5) is 29.9. The van der Waals surface area contributed by atoms with Gasteiger partial charge in [0.2, 0.25) is 5.88 Å². The highest BCUT2D eigenvalue weighted by atomic mass is 16.7. The summed E-state index contributed by atoms with van der Waals surface area (Å²) in [6.45, 7) is 3.96. The number of nitrogens with zero attached hydrogens (tertiary/aromatic N) is 2. The summed E-state index contributed by atoms with van der Waals surface area (Å²) < 4.78 is 11.3. The average Bonchev–Trinajstić information content (AvgIpc) is 3.37. The fraction of sp³-hybridized carbons (Fsp3) is 0.381. The van der Waals surface area contributed by atoms with Crippen LogP contribution in [-0.4, -0.2) is 57.5 Å². The number of aromatic nitrogens is 3. The average molecular weight is 427 g/mol. The van der Waals surface area contributed by atoms with Crippen LogP contribution < -0.4 is 16.0 Å². The van der Waals surface area contributed by atoms with Gasteiger partial charge >= 0.3 is 0 Å². The Labute approximate surface area is 178 Å². The molecule has 0 aliphatic carbocycles. The molecule has 3 aromatic rings. The predicted octanol–water partition coefficient (Wildman–Crippen LogP) is 1.81. The third-order valence-corrected chi connectivity index (χ3v) is 4.72. The minimum Gasteiger partial charge on any atom is -0.471 e. The van der Waals surface area contributed by atoms with Gasteiger partial charge in [0.05, 0.1) is 24.3 Å². The Kier molecular flexibility index (Phi) is 5.77. The first-order valence-corrected chi connectivity index (χ1v) is 9.95. The highest BCUT2D eigenvalue weighted by Crippen LogP contribution is 2.31. The number of carbonyl (C=O) groups excluding carboxylic acids is 1. The first-order chi connectivity index (χ1) is 14.8. The summed E-state index contributed by atoms with van der Waals surface area (Å²) >= 11 is 0. The van der Waals surface area contributed by atoms with E-state index in [1.807, 2.05) is 30.5 Å². The van der Waals surface area contributed by atoms with Gasteiger partial charge in [-0.2, -0.15) is 4.98 Å². The predicted molar refractivity (Wildman–Crippen MR) is 113 cm³/mol. The molecule has 1 atom stereocenters. The maximum absolute atomic E-state index is 12.8. The number of fused-ring (bicyclic) bond motifs is 1. The Morgan fingerprint density at radius 2 is 2.23 bits per heavy atom. The Balaban J connectivity index is 1.70. The number of aromatic amines is 1. The minimum absolute atomic E-state index is 0.0370. The normalized spacial score (nSPS) is 16.5. The van der Waals surface area contributed by atoms with E-state index in [9.17, 15) is 9.90 Å². The van der Waals surface area contributed by atoms with E-state index in [2.05, 4.69) is 20.4 Å². The topological polar surface area (TPSA) is 145 Å². The summed E-state index contributed by atoms with van der Waals surface area (Å²) in [5.41, 5.74) is 8.87. The highest BCUT2D eigenvalue weighted by Gasteiger charge is 2.27. The van der Waals surface area contributed by atoms with Crippen molar-refractivity contribution in [1.82, 2.24) is 20.4 Å². The van der Waals surface area contributed by atoms with Crippen LogP contribution >= 0.6 is 0 Å². The van der Waals surface area contributed by atoms with Crippen molar-refractivity contribution < 1.29 is 24.2 Å². The molecule has 4 rings (SSSR count). The van der Waals surface area contributed by atoms with Crippen LogP contribution in [0.25, 0.3) is 22.3 Å². The van der Waals surface area contributed by atoms with Crippen LogP contribution in [0.15, 0.2) is 30.5 Å². The van der Waals surface area contributed by atoms with Crippen LogP contribution in [-0.2, 0) is 9.57 Å². The van der Waals surface area contributed by atoms with Crippen LogP contribution in [0.3, 0.4) is 0 Å². The minimum atomic E-state index is -1.12. The van der Waals surface area contributed by atoms with Crippen molar-refractivity contribution in [1.29, 1.82) is 0 Å². The van der Waals surface area contributed by atoms with E-state index in [-0.39, 0.29) is 30.0 Å². The lowest BCUT2D eigenvalue weighted by molar-refractivity contribution is -0.0523. The fourth-order valence-electron chi connectivity index (χ4n) is 3.24. The van der Waals surface area contributed by atoms with Crippen LogP contribution in [0, 0.1) is 0 Å². The van der Waals surface area contributed by atoms with E-state index in [0.717, 1.165) is 16.5 Å². The Bertz CT molecular complexity index is 1090. The molecule has 10 nitrogen and oxygen atoms in total. The summed E-state index contributed by atoms with van der Waals surface area (Å²) in [7, 11) is 0. The number of para-hydroxylation sites is 1. The Morgan fingerprint density at radius 1 is 1.39 bits per heavy atom. The molecule has 1 aromatic carbocycles. The molecular weight excluding hydrogens is 402 g/mol. The van der Waals surface area contributed by atoms with Crippen molar-refractivity contribution in [2.75, 3.05) is 25.6 Å². The first kappa shape index (κ1) is 21.0. The molecule has 1 fully saturated rings. The number of anilines is 1. The van der Waals surface area contributed by atoms with Gasteiger partial charge < -0.3 is 25.3 Å². The molecule has 1 aliphatic heterocycles. The van der Waals surface area contributed by atoms with Gasteiger partial charge in [-0.3, -0.25) is 9.63 Å². The summed E-state index contributed by atoms with van der Waals surface area (Å²) in [6.07, 6.45) is 2.24. The number of hydroxylamine groups is 1. The standard InChI is InChI=1S/C21H25N5O5/c1-21(2,28)11-30-26-19(27)15-17(22)24-18(25-20(15)31-13-7-9-29-10-13)14-5-3-4-12-6-8-23-16(12)14/h3-6,8,13,23,28H,7,9-11H2,1-2H3,(H,26,27)(H2,22,24,25). The number of ether oxygens (including phenoxy) is 2. The van der Waals surface area contributed by atoms with E-state index in [0.29, 0.717) is 25.5 Å². The van der Waals surface area contributed by atoms with Gasteiger partial charge in [-0.15, -0.1) is 0 Å². The molecule has 31 heavy (non-hydrogen) atoms. The van der Waals surface area contributed by atoms with Gasteiger partial charge in [0.25, 0.3) is 5.91 Å². The summed E-state index contributed by atoms with van der Waals surface area (Å²) in [6, 6.07) is 7.66. The molecule has 1 aliphatic rings. The van der Waals surface area contributed by atoms with Crippen molar-refractivity contribution in [3.63, 3.8) is 0 Å².